The van der Waals surface area contributed by atoms with Crippen LogP contribution in [0.2, 0.25) is 0 Å². The van der Waals surface area contributed by atoms with Crippen LogP contribution in [0.5, 0.6) is 0 Å². The molecule has 3 aliphatic heterocycles. The van der Waals surface area contributed by atoms with Crippen LogP contribution in [0, 0.1) is 5.92 Å². The quantitative estimate of drug-likeness (QED) is 0.798. The van der Waals surface area contributed by atoms with E-state index in [0.717, 1.165) is 58.7 Å². The van der Waals surface area contributed by atoms with Crippen molar-refractivity contribution >= 4 is 17.2 Å². The standard InChI is InChI=1S/C19H30N4O2S/c24-19(22-8-10-25-11-9-22)16-2-1-5-23(12-16)18-3-6-21(7-4-18)13-17-14-26-15-20-17/h14-16,18H,1-13H2. The summed E-state index contributed by atoms with van der Waals surface area (Å²) in [5, 5.41) is 2.15. The number of carbonyl (C=O) groups excluding carboxylic acids is 1. The number of hydrogen-bond donors (Lipinski definition) is 0. The number of carbonyl (C=O) groups is 1. The molecule has 0 radical (unpaired) electrons. The van der Waals surface area contributed by atoms with E-state index in [1.807, 2.05) is 10.4 Å². The number of aromatic nitrogens is 1. The van der Waals surface area contributed by atoms with Gasteiger partial charge >= 0.3 is 0 Å². The van der Waals surface area contributed by atoms with Crippen molar-refractivity contribution in [2.45, 2.75) is 38.3 Å². The van der Waals surface area contributed by atoms with E-state index >= 15 is 0 Å². The number of rotatable bonds is 4. The molecule has 4 rings (SSSR count). The number of ether oxygens (including phenoxy) is 1. The van der Waals surface area contributed by atoms with E-state index in [-0.39, 0.29) is 5.92 Å². The van der Waals surface area contributed by atoms with Crippen molar-refractivity contribution < 1.29 is 9.53 Å². The highest BCUT2D eigenvalue weighted by Crippen LogP contribution is 2.26. The molecular formula is C19H30N4O2S. The molecule has 4 heterocycles. The molecule has 144 valence electrons. The Morgan fingerprint density at radius 3 is 2.69 bits per heavy atom. The molecule has 0 saturated carbocycles. The minimum atomic E-state index is 0.190. The Bertz CT molecular complexity index is 568. The molecule has 1 atom stereocenters. The van der Waals surface area contributed by atoms with Crippen molar-refractivity contribution in [2.75, 3.05) is 52.5 Å². The Morgan fingerprint density at radius 2 is 1.96 bits per heavy atom. The van der Waals surface area contributed by atoms with Crippen LogP contribution in [0.25, 0.3) is 0 Å². The zero-order chi connectivity index (χ0) is 17.8. The highest BCUT2D eigenvalue weighted by atomic mass is 32.1. The van der Waals surface area contributed by atoms with Crippen LogP contribution in [0.1, 0.15) is 31.4 Å². The monoisotopic (exact) mass is 378 g/mol. The first-order valence-electron chi connectivity index (χ1n) is 9.99. The molecule has 1 amide bonds. The third-order valence-corrected chi connectivity index (χ3v) is 6.70. The van der Waals surface area contributed by atoms with Gasteiger partial charge in [0.1, 0.15) is 0 Å². The molecule has 0 spiro atoms. The van der Waals surface area contributed by atoms with Crippen molar-refractivity contribution in [1.29, 1.82) is 0 Å². The second kappa shape index (κ2) is 8.78. The maximum Gasteiger partial charge on any atom is 0.227 e. The summed E-state index contributed by atoms with van der Waals surface area (Å²) in [4.78, 5) is 24.4. The van der Waals surface area contributed by atoms with Gasteiger partial charge in [0, 0.05) is 50.7 Å². The topological polar surface area (TPSA) is 48.9 Å². The molecule has 1 aromatic rings. The second-order valence-electron chi connectivity index (χ2n) is 7.76. The van der Waals surface area contributed by atoms with Crippen LogP contribution in [-0.2, 0) is 16.1 Å². The minimum absolute atomic E-state index is 0.190. The van der Waals surface area contributed by atoms with Crippen molar-refractivity contribution in [3.8, 4) is 0 Å². The maximum absolute atomic E-state index is 12.8. The van der Waals surface area contributed by atoms with E-state index in [4.69, 9.17) is 4.74 Å². The smallest absolute Gasteiger partial charge is 0.227 e. The predicted molar refractivity (Wildman–Crippen MR) is 102 cm³/mol. The summed E-state index contributed by atoms with van der Waals surface area (Å²) in [7, 11) is 0. The summed E-state index contributed by atoms with van der Waals surface area (Å²) < 4.78 is 5.39. The Hall–Kier alpha value is -1.02. The van der Waals surface area contributed by atoms with Gasteiger partial charge in [0.15, 0.2) is 0 Å². The molecule has 0 N–H and O–H groups in total. The van der Waals surface area contributed by atoms with E-state index in [9.17, 15) is 4.79 Å². The molecule has 3 fully saturated rings. The van der Waals surface area contributed by atoms with Crippen LogP contribution < -0.4 is 0 Å². The fraction of sp³-hybridized carbons (Fsp3) is 0.789. The lowest BCUT2D eigenvalue weighted by Crippen LogP contribution is -2.52. The summed E-state index contributed by atoms with van der Waals surface area (Å²) in [6, 6.07) is 0.641. The van der Waals surface area contributed by atoms with Crippen LogP contribution in [-0.4, -0.2) is 84.1 Å². The van der Waals surface area contributed by atoms with Gasteiger partial charge in [-0.2, -0.15) is 0 Å². The Labute approximate surface area is 160 Å². The average Bonchev–Trinajstić information content (AvgIpc) is 3.22. The van der Waals surface area contributed by atoms with Gasteiger partial charge in [-0.25, -0.2) is 4.98 Å². The van der Waals surface area contributed by atoms with E-state index in [0.29, 0.717) is 25.2 Å². The summed E-state index contributed by atoms with van der Waals surface area (Å²) in [6.07, 6.45) is 4.63. The molecule has 6 nitrogen and oxygen atoms in total. The van der Waals surface area contributed by atoms with Crippen LogP contribution in [0.15, 0.2) is 10.9 Å². The van der Waals surface area contributed by atoms with Crippen LogP contribution in [0.3, 0.4) is 0 Å². The fourth-order valence-electron chi connectivity index (χ4n) is 4.57. The number of hydrogen-bond acceptors (Lipinski definition) is 6. The van der Waals surface area contributed by atoms with Crippen molar-refractivity contribution in [3.05, 3.63) is 16.6 Å². The molecule has 26 heavy (non-hydrogen) atoms. The highest BCUT2D eigenvalue weighted by Gasteiger charge is 2.33. The van der Waals surface area contributed by atoms with Gasteiger partial charge in [-0.15, -0.1) is 11.3 Å². The average molecular weight is 379 g/mol. The number of likely N-dealkylation sites (tertiary alicyclic amines) is 2. The lowest BCUT2D eigenvalue weighted by Gasteiger charge is -2.43. The predicted octanol–water partition coefficient (Wildman–Crippen LogP) is 1.68. The maximum atomic E-state index is 12.8. The zero-order valence-corrected chi connectivity index (χ0v) is 16.3. The van der Waals surface area contributed by atoms with Crippen molar-refractivity contribution in [2.24, 2.45) is 5.92 Å². The number of piperidine rings is 2. The molecule has 1 unspecified atom stereocenters. The van der Waals surface area contributed by atoms with E-state index in [2.05, 4.69) is 20.2 Å². The highest BCUT2D eigenvalue weighted by molar-refractivity contribution is 7.07. The minimum Gasteiger partial charge on any atom is -0.378 e. The molecule has 0 aromatic carbocycles. The molecule has 0 aliphatic carbocycles. The largest absolute Gasteiger partial charge is 0.378 e. The van der Waals surface area contributed by atoms with Crippen molar-refractivity contribution in [3.63, 3.8) is 0 Å². The molecule has 3 aliphatic rings. The normalized spacial score (nSPS) is 26.9. The lowest BCUT2D eigenvalue weighted by atomic mass is 9.92. The Kier molecular flexibility index (Phi) is 6.20. The third-order valence-electron chi connectivity index (χ3n) is 6.07. The van der Waals surface area contributed by atoms with Gasteiger partial charge in [0.25, 0.3) is 0 Å². The van der Waals surface area contributed by atoms with Gasteiger partial charge in [-0.05, 0) is 32.2 Å². The van der Waals surface area contributed by atoms with E-state index in [1.165, 1.54) is 18.5 Å². The fourth-order valence-corrected chi connectivity index (χ4v) is 5.12. The summed E-state index contributed by atoms with van der Waals surface area (Å²) >= 11 is 1.68. The Morgan fingerprint density at radius 1 is 1.15 bits per heavy atom. The van der Waals surface area contributed by atoms with Gasteiger partial charge in [-0.1, -0.05) is 0 Å². The van der Waals surface area contributed by atoms with Crippen molar-refractivity contribution in [1.82, 2.24) is 19.7 Å². The van der Waals surface area contributed by atoms with E-state index < -0.39 is 0 Å². The van der Waals surface area contributed by atoms with Crippen LogP contribution in [0.4, 0.5) is 0 Å². The van der Waals surface area contributed by atoms with Gasteiger partial charge < -0.3 is 9.64 Å². The summed E-state index contributed by atoms with van der Waals surface area (Å²) in [5.74, 6) is 0.550. The SMILES string of the molecule is O=C(C1CCCN(C2CCN(Cc3cscn3)CC2)C1)N1CCOCC1. The van der Waals surface area contributed by atoms with Gasteiger partial charge in [-0.3, -0.25) is 14.6 Å². The molecular weight excluding hydrogens is 348 g/mol. The number of amides is 1. The second-order valence-corrected chi connectivity index (χ2v) is 8.48. The third kappa shape index (κ3) is 4.44. The molecule has 1 aromatic heterocycles. The zero-order valence-electron chi connectivity index (χ0n) is 15.5. The molecule has 7 heteroatoms. The number of thiazole rings is 1. The Balaban J connectivity index is 1.26. The molecule has 0 bridgehead atoms. The number of morpholine rings is 1. The summed E-state index contributed by atoms with van der Waals surface area (Å²) in [6.45, 7) is 8.29. The summed E-state index contributed by atoms with van der Waals surface area (Å²) in [5.41, 5.74) is 3.11. The lowest BCUT2D eigenvalue weighted by molar-refractivity contribution is -0.142. The number of nitrogens with zero attached hydrogens (tertiary/aromatic N) is 4. The van der Waals surface area contributed by atoms with Gasteiger partial charge in [0.2, 0.25) is 5.91 Å². The first-order chi connectivity index (χ1) is 12.8. The first kappa shape index (κ1) is 18.3. The molecule has 3 saturated heterocycles. The first-order valence-corrected chi connectivity index (χ1v) is 10.9. The van der Waals surface area contributed by atoms with Gasteiger partial charge in [0.05, 0.1) is 30.3 Å². The van der Waals surface area contributed by atoms with Crippen LogP contribution >= 0.6 is 11.3 Å². The van der Waals surface area contributed by atoms with E-state index in [1.54, 1.807) is 11.3 Å².